The fraction of sp³-hybridized carbons (Fsp3) is 0. The number of furan rings is 2. The molecule has 0 saturated carbocycles. The van der Waals surface area contributed by atoms with Gasteiger partial charge in [0.25, 0.3) is 0 Å². The van der Waals surface area contributed by atoms with Crippen LogP contribution in [-0.2, 0) is 0 Å². The molecule has 3 nitrogen and oxygen atoms in total. The molecule has 202 valence electrons. The summed E-state index contributed by atoms with van der Waals surface area (Å²) >= 11 is 0. The van der Waals surface area contributed by atoms with E-state index in [9.17, 15) is 0 Å². The van der Waals surface area contributed by atoms with Gasteiger partial charge in [-0.3, -0.25) is 0 Å². The summed E-state index contributed by atoms with van der Waals surface area (Å²) in [4.78, 5) is 2.33. The zero-order valence-corrected chi connectivity index (χ0v) is 23.2. The predicted molar refractivity (Wildman–Crippen MR) is 179 cm³/mol. The van der Waals surface area contributed by atoms with Gasteiger partial charge in [0, 0.05) is 44.5 Å². The number of hydrogen-bond acceptors (Lipinski definition) is 3. The first kappa shape index (κ1) is 23.9. The molecule has 9 rings (SSSR count). The number of benzene rings is 7. The second-order valence-corrected chi connectivity index (χ2v) is 10.9. The first-order valence-electron chi connectivity index (χ1n) is 14.5. The Hall–Kier alpha value is -5.80. The van der Waals surface area contributed by atoms with Crippen LogP contribution >= 0.6 is 0 Å². The van der Waals surface area contributed by atoms with Gasteiger partial charge in [-0.2, -0.15) is 0 Å². The van der Waals surface area contributed by atoms with Crippen LogP contribution in [0.25, 0.3) is 65.8 Å². The van der Waals surface area contributed by atoms with Crippen molar-refractivity contribution in [3.63, 3.8) is 0 Å². The molecular weight excluding hydrogens is 526 g/mol. The van der Waals surface area contributed by atoms with Gasteiger partial charge in [0.2, 0.25) is 0 Å². The van der Waals surface area contributed by atoms with Crippen molar-refractivity contribution in [1.29, 1.82) is 0 Å². The number of fused-ring (bicyclic) bond motifs is 7. The molecule has 0 aliphatic rings. The third-order valence-corrected chi connectivity index (χ3v) is 8.44. The third kappa shape index (κ3) is 3.75. The molecule has 7 aromatic carbocycles. The summed E-state index contributed by atoms with van der Waals surface area (Å²) in [6, 6.07) is 53.1. The average Bonchev–Trinajstić information content (AvgIpc) is 3.63. The molecule has 2 heterocycles. The van der Waals surface area contributed by atoms with Crippen LogP contribution in [0.5, 0.6) is 0 Å². The molecule has 0 radical (unpaired) electrons. The van der Waals surface area contributed by atoms with Gasteiger partial charge in [-0.15, -0.1) is 0 Å². The van der Waals surface area contributed by atoms with Crippen molar-refractivity contribution in [3.8, 4) is 11.1 Å². The van der Waals surface area contributed by atoms with Crippen molar-refractivity contribution < 1.29 is 8.83 Å². The van der Waals surface area contributed by atoms with Gasteiger partial charge in [-0.1, -0.05) is 91.0 Å². The molecule has 0 amide bonds. The first-order chi connectivity index (χ1) is 21.3. The number of hydrogen-bond donors (Lipinski definition) is 0. The van der Waals surface area contributed by atoms with Crippen molar-refractivity contribution in [2.45, 2.75) is 0 Å². The molecule has 0 aliphatic carbocycles. The van der Waals surface area contributed by atoms with Gasteiger partial charge in [0.15, 0.2) is 0 Å². The van der Waals surface area contributed by atoms with E-state index in [1.807, 2.05) is 24.3 Å². The summed E-state index contributed by atoms with van der Waals surface area (Å²) in [6.07, 6.45) is 0. The summed E-state index contributed by atoms with van der Waals surface area (Å²) in [5.41, 5.74) is 8.92. The third-order valence-electron chi connectivity index (χ3n) is 8.44. The highest BCUT2D eigenvalue weighted by molar-refractivity contribution is 6.17. The van der Waals surface area contributed by atoms with Crippen LogP contribution in [-0.4, -0.2) is 0 Å². The predicted octanol–water partition coefficient (Wildman–Crippen LogP) is 11.8. The van der Waals surface area contributed by atoms with Gasteiger partial charge in [-0.05, 0) is 70.9 Å². The van der Waals surface area contributed by atoms with E-state index in [4.69, 9.17) is 8.83 Å². The van der Waals surface area contributed by atoms with Crippen LogP contribution < -0.4 is 4.90 Å². The van der Waals surface area contributed by atoms with Crippen LogP contribution in [0.4, 0.5) is 17.1 Å². The highest BCUT2D eigenvalue weighted by Gasteiger charge is 2.23. The Labute approximate surface area is 247 Å². The molecule has 2 aromatic heterocycles. The maximum absolute atomic E-state index is 6.41. The minimum absolute atomic E-state index is 0.863. The van der Waals surface area contributed by atoms with Crippen molar-refractivity contribution in [2.75, 3.05) is 4.90 Å². The van der Waals surface area contributed by atoms with Crippen LogP contribution in [0.1, 0.15) is 0 Å². The number of rotatable bonds is 4. The SMILES string of the molecule is c1ccc(N(c2ccc3c(c2)oc2ccccc23)c2ccc3oc4ccccc4c3c2-c2ccc3ccccc3c2)cc1. The van der Waals surface area contributed by atoms with Gasteiger partial charge >= 0.3 is 0 Å². The van der Waals surface area contributed by atoms with E-state index in [-0.39, 0.29) is 0 Å². The summed E-state index contributed by atoms with van der Waals surface area (Å²) in [5.74, 6) is 0. The molecule has 0 aliphatic heterocycles. The van der Waals surface area contributed by atoms with Crippen molar-refractivity contribution in [1.82, 2.24) is 0 Å². The van der Waals surface area contributed by atoms with E-state index in [0.29, 0.717) is 0 Å². The number of nitrogens with zero attached hydrogens (tertiary/aromatic N) is 1. The van der Waals surface area contributed by atoms with E-state index in [0.717, 1.165) is 72.1 Å². The Morgan fingerprint density at radius 2 is 1.07 bits per heavy atom. The zero-order chi connectivity index (χ0) is 28.3. The normalized spacial score (nSPS) is 11.7. The van der Waals surface area contributed by atoms with Crippen LogP contribution in [0.2, 0.25) is 0 Å². The smallest absolute Gasteiger partial charge is 0.137 e. The molecule has 0 unspecified atom stereocenters. The van der Waals surface area contributed by atoms with Crippen molar-refractivity contribution >= 4 is 71.7 Å². The Balaban J connectivity index is 1.38. The van der Waals surface area contributed by atoms with E-state index in [2.05, 4.69) is 132 Å². The fourth-order valence-electron chi connectivity index (χ4n) is 6.49. The standard InChI is InChI=1S/C40H25NO2/c1-2-12-29(13-3-1)41(30-20-21-32-31-14-6-8-16-35(31)43-38(32)25-30)34-22-23-37-40(33-15-7-9-17-36(33)42-37)39(34)28-19-18-26-10-4-5-11-27(26)24-28/h1-25H. The molecule has 43 heavy (non-hydrogen) atoms. The highest BCUT2D eigenvalue weighted by atomic mass is 16.3. The monoisotopic (exact) mass is 551 g/mol. The molecule has 0 bridgehead atoms. The Morgan fingerprint density at radius 3 is 1.93 bits per heavy atom. The maximum atomic E-state index is 6.41. The van der Waals surface area contributed by atoms with Crippen LogP contribution in [0, 0.1) is 0 Å². The fourth-order valence-corrected chi connectivity index (χ4v) is 6.49. The second-order valence-electron chi connectivity index (χ2n) is 10.9. The van der Waals surface area contributed by atoms with Crippen LogP contribution in [0.15, 0.2) is 160 Å². The lowest BCUT2D eigenvalue weighted by Gasteiger charge is -2.28. The zero-order valence-electron chi connectivity index (χ0n) is 23.2. The molecule has 0 N–H and O–H groups in total. The lowest BCUT2D eigenvalue weighted by Crippen LogP contribution is -2.11. The molecule has 0 fully saturated rings. The van der Waals surface area contributed by atoms with Gasteiger partial charge < -0.3 is 13.7 Å². The Kier molecular flexibility index (Phi) is 5.20. The second kappa shape index (κ2) is 9.37. The van der Waals surface area contributed by atoms with E-state index in [1.165, 1.54) is 10.8 Å². The highest BCUT2D eigenvalue weighted by Crippen LogP contribution is 2.48. The molecule has 0 spiro atoms. The summed E-state index contributed by atoms with van der Waals surface area (Å²) in [5, 5.41) is 6.85. The van der Waals surface area contributed by atoms with E-state index in [1.54, 1.807) is 0 Å². The molecular formula is C40H25NO2. The molecule has 0 saturated heterocycles. The van der Waals surface area contributed by atoms with Gasteiger partial charge in [0.05, 0.1) is 5.69 Å². The van der Waals surface area contributed by atoms with Gasteiger partial charge in [0.1, 0.15) is 22.3 Å². The minimum atomic E-state index is 0.863. The van der Waals surface area contributed by atoms with E-state index >= 15 is 0 Å². The largest absolute Gasteiger partial charge is 0.456 e. The van der Waals surface area contributed by atoms with Crippen molar-refractivity contribution in [2.24, 2.45) is 0 Å². The molecule has 0 atom stereocenters. The first-order valence-corrected chi connectivity index (χ1v) is 14.5. The summed E-state index contributed by atoms with van der Waals surface area (Å²) in [7, 11) is 0. The van der Waals surface area contributed by atoms with Crippen molar-refractivity contribution in [3.05, 3.63) is 152 Å². The lowest BCUT2D eigenvalue weighted by atomic mass is 9.94. The topological polar surface area (TPSA) is 29.5 Å². The number of para-hydroxylation sites is 3. The summed E-state index contributed by atoms with van der Waals surface area (Å²) < 4.78 is 12.8. The Morgan fingerprint density at radius 1 is 0.395 bits per heavy atom. The van der Waals surface area contributed by atoms with Crippen LogP contribution in [0.3, 0.4) is 0 Å². The average molecular weight is 552 g/mol. The summed E-state index contributed by atoms with van der Waals surface area (Å²) in [6.45, 7) is 0. The molecule has 3 heteroatoms. The number of anilines is 3. The minimum Gasteiger partial charge on any atom is -0.456 e. The Bertz CT molecular complexity index is 2470. The maximum Gasteiger partial charge on any atom is 0.137 e. The lowest BCUT2D eigenvalue weighted by molar-refractivity contribution is 0.668. The van der Waals surface area contributed by atoms with Gasteiger partial charge in [-0.25, -0.2) is 0 Å². The molecule has 9 aromatic rings. The van der Waals surface area contributed by atoms with E-state index < -0.39 is 0 Å². The quantitative estimate of drug-likeness (QED) is 0.218.